The zero-order valence-corrected chi connectivity index (χ0v) is 11.4. The molecule has 0 aliphatic carbocycles. The van der Waals surface area contributed by atoms with Crippen molar-refractivity contribution in [3.8, 4) is 0 Å². The van der Waals surface area contributed by atoms with Gasteiger partial charge >= 0.3 is 0 Å². The lowest BCUT2D eigenvalue weighted by Crippen LogP contribution is -2.44. The summed E-state index contributed by atoms with van der Waals surface area (Å²) in [4.78, 5) is 18.3. The van der Waals surface area contributed by atoms with Crippen LogP contribution in [-0.4, -0.2) is 41.5 Å². The third-order valence-electron chi connectivity index (χ3n) is 3.55. The average molecular weight is 262 g/mol. The minimum Gasteiger partial charge on any atom is -0.355 e. The lowest BCUT2D eigenvalue weighted by atomic mass is 10.0. The van der Waals surface area contributed by atoms with E-state index in [1.807, 2.05) is 18.2 Å². The maximum Gasteiger partial charge on any atom is 0.234 e. The van der Waals surface area contributed by atoms with E-state index in [1.54, 1.807) is 6.20 Å². The predicted octanol–water partition coefficient (Wildman–Crippen LogP) is 0.682. The topological polar surface area (TPSA) is 71.2 Å². The first kappa shape index (κ1) is 14.0. The van der Waals surface area contributed by atoms with E-state index in [1.165, 1.54) is 0 Å². The minimum atomic E-state index is -0.0131. The van der Waals surface area contributed by atoms with Crippen LogP contribution in [0, 0.1) is 0 Å². The lowest BCUT2D eigenvalue weighted by Gasteiger charge is -2.33. The van der Waals surface area contributed by atoms with Crippen LogP contribution in [0.5, 0.6) is 0 Å². The number of carbonyl (C=O) groups is 1. The van der Waals surface area contributed by atoms with Crippen molar-refractivity contribution in [2.45, 2.75) is 31.8 Å². The number of nitrogens with one attached hydrogen (secondary N) is 1. The molecule has 1 saturated heterocycles. The van der Waals surface area contributed by atoms with Crippen molar-refractivity contribution >= 4 is 5.91 Å². The molecule has 0 spiro atoms. The highest BCUT2D eigenvalue weighted by molar-refractivity contribution is 5.78. The van der Waals surface area contributed by atoms with Crippen LogP contribution in [0.3, 0.4) is 0 Å². The van der Waals surface area contributed by atoms with Gasteiger partial charge < -0.3 is 11.1 Å². The Kier molecular flexibility index (Phi) is 4.87. The zero-order valence-electron chi connectivity index (χ0n) is 11.4. The molecular weight excluding hydrogens is 240 g/mol. The van der Waals surface area contributed by atoms with Crippen molar-refractivity contribution in [2.24, 2.45) is 5.73 Å². The SMILES string of the molecule is CCC(N)C(c1ccccn1)N1CCCNC(=O)C1. The fourth-order valence-electron chi connectivity index (χ4n) is 2.52. The Hall–Kier alpha value is -1.46. The van der Waals surface area contributed by atoms with Crippen LogP contribution in [0.15, 0.2) is 24.4 Å². The van der Waals surface area contributed by atoms with Gasteiger partial charge in [-0.3, -0.25) is 14.7 Å². The molecule has 2 unspecified atom stereocenters. The first-order chi connectivity index (χ1) is 9.22. The standard InChI is InChI=1S/C14H22N4O/c1-2-11(15)14(12-6-3-4-7-16-12)18-9-5-8-17-13(19)10-18/h3-4,6-7,11,14H,2,5,8-10,15H2,1H3,(H,17,19). The Bertz CT molecular complexity index is 409. The quantitative estimate of drug-likeness (QED) is 0.837. The Balaban J connectivity index is 2.24. The van der Waals surface area contributed by atoms with Crippen LogP contribution in [0.2, 0.25) is 0 Å². The number of amides is 1. The van der Waals surface area contributed by atoms with Gasteiger partial charge in [-0.15, -0.1) is 0 Å². The third-order valence-corrected chi connectivity index (χ3v) is 3.55. The van der Waals surface area contributed by atoms with Gasteiger partial charge in [-0.1, -0.05) is 13.0 Å². The molecule has 0 saturated carbocycles. The summed E-state index contributed by atoms with van der Waals surface area (Å²) in [5.74, 6) is 0.0711. The van der Waals surface area contributed by atoms with Crippen molar-refractivity contribution in [3.05, 3.63) is 30.1 Å². The Morgan fingerprint density at radius 3 is 3.05 bits per heavy atom. The van der Waals surface area contributed by atoms with E-state index in [0.29, 0.717) is 6.54 Å². The van der Waals surface area contributed by atoms with Crippen LogP contribution in [0.1, 0.15) is 31.5 Å². The van der Waals surface area contributed by atoms with Gasteiger partial charge in [0.15, 0.2) is 0 Å². The van der Waals surface area contributed by atoms with Gasteiger partial charge in [0.1, 0.15) is 0 Å². The highest BCUT2D eigenvalue weighted by Crippen LogP contribution is 2.24. The zero-order chi connectivity index (χ0) is 13.7. The van der Waals surface area contributed by atoms with E-state index < -0.39 is 0 Å². The fourth-order valence-corrected chi connectivity index (χ4v) is 2.52. The van der Waals surface area contributed by atoms with Crippen molar-refractivity contribution < 1.29 is 4.79 Å². The first-order valence-electron chi connectivity index (χ1n) is 6.89. The molecule has 2 rings (SSSR count). The molecule has 1 aliphatic rings. The molecular formula is C14H22N4O. The molecule has 1 aliphatic heterocycles. The van der Waals surface area contributed by atoms with Gasteiger partial charge in [0.2, 0.25) is 5.91 Å². The Morgan fingerprint density at radius 2 is 2.37 bits per heavy atom. The van der Waals surface area contributed by atoms with Gasteiger partial charge in [-0.2, -0.15) is 0 Å². The van der Waals surface area contributed by atoms with Gasteiger partial charge in [0.05, 0.1) is 18.3 Å². The highest BCUT2D eigenvalue weighted by Gasteiger charge is 2.29. The fraction of sp³-hybridized carbons (Fsp3) is 0.571. The number of nitrogens with two attached hydrogens (primary N) is 1. The van der Waals surface area contributed by atoms with E-state index in [0.717, 1.165) is 31.6 Å². The number of pyridine rings is 1. The molecule has 2 heterocycles. The molecule has 5 heteroatoms. The summed E-state index contributed by atoms with van der Waals surface area (Å²) in [5.41, 5.74) is 7.21. The van der Waals surface area contributed by atoms with Crippen molar-refractivity contribution in [1.29, 1.82) is 0 Å². The Morgan fingerprint density at radius 1 is 1.53 bits per heavy atom. The van der Waals surface area contributed by atoms with Crippen molar-refractivity contribution in [3.63, 3.8) is 0 Å². The number of hydrogen-bond acceptors (Lipinski definition) is 4. The summed E-state index contributed by atoms with van der Waals surface area (Å²) in [7, 11) is 0. The largest absolute Gasteiger partial charge is 0.355 e. The molecule has 0 bridgehead atoms. The number of rotatable bonds is 4. The smallest absolute Gasteiger partial charge is 0.234 e. The van der Waals surface area contributed by atoms with Crippen molar-refractivity contribution in [1.82, 2.24) is 15.2 Å². The molecule has 104 valence electrons. The molecule has 3 N–H and O–H groups in total. The molecule has 1 amide bonds. The highest BCUT2D eigenvalue weighted by atomic mass is 16.2. The average Bonchev–Trinajstić information content (AvgIpc) is 2.65. The van der Waals surface area contributed by atoms with Crippen LogP contribution >= 0.6 is 0 Å². The Labute approximate surface area is 114 Å². The van der Waals surface area contributed by atoms with Gasteiger partial charge in [-0.25, -0.2) is 0 Å². The molecule has 0 radical (unpaired) electrons. The van der Waals surface area contributed by atoms with E-state index >= 15 is 0 Å². The van der Waals surface area contributed by atoms with E-state index in [-0.39, 0.29) is 18.0 Å². The predicted molar refractivity (Wildman–Crippen MR) is 74.4 cm³/mol. The number of hydrogen-bond donors (Lipinski definition) is 2. The molecule has 2 atom stereocenters. The maximum atomic E-state index is 11.7. The van der Waals surface area contributed by atoms with Crippen LogP contribution in [0.25, 0.3) is 0 Å². The first-order valence-corrected chi connectivity index (χ1v) is 6.89. The lowest BCUT2D eigenvalue weighted by molar-refractivity contribution is -0.122. The summed E-state index contributed by atoms with van der Waals surface area (Å²) in [6, 6.07) is 5.85. The number of carbonyl (C=O) groups excluding carboxylic acids is 1. The van der Waals surface area contributed by atoms with Gasteiger partial charge in [0.25, 0.3) is 0 Å². The molecule has 5 nitrogen and oxygen atoms in total. The summed E-state index contributed by atoms with van der Waals surface area (Å²) < 4.78 is 0. The second-order valence-corrected chi connectivity index (χ2v) is 4.95. The number of aromatic nitrogens is 1. The normalized spacial score (nSPS) is 20.4. The third kappa shape index (κ3) is 3.52. The van der Waals surface area contributed by atoms with E-state index in [4.69, 9.17) is 5.73 Å². The van der Waals surface area contributed by atoms with Gasteiger partial charge in [0, 0.05) is 25.3 Å². The molecule has 1 fully saturated rings. The molecule has 19 heavy (non-hydrogen) atoms. The summed E-state index contributed by atoms with van der Waals surface area (Å²) in [6.45, 7) is 4.08. The van der Waals surface area contributed by atoms with Gasteiger partial charge in [-0.05, 0) is 25.0 Å². The molecule has 1 aromatic heterocycles. The summed E-state index contributed by atoms with van der Waals surface area (Å²) >= 11 is 0. The van der Waals surface area contributed by atoms with Crippen LogP contribution in [0.4, 0.5) is 0 Å². The van der Waals surface area contributed by atoms with Crippen molar-refractivity contribution in [2.75, 3.05) is 19.6 Å². The second-order valence-electron chi connectivity index (χ2n) is 4.95. The summed E-state index contributed by atoms with van der Waals surface area (Å²) in [6.07, 6.45) is 3.59. The second kappa shape index (κ2) is 6.63. The van der Waals surface area contributed by atoms with E-state index in [9.17, 15) is 4.79 Å². The number of nitrogens with zero attached hydrogens (tertiary/aromatic N) is 2. The maximum absolute atomic E-state index is 11.7. The minimum absolute atomic E-state index is 0.00931. The molecule has 1 aromatic rings. The van der Waals surface area contributed by atoms with Crippen LogP contribution in [-0.2, 0) is 4.79 Å². The molecule has 0 aromatic carbocycles. The summed E-state index contributed by atoms with van der Waals surface area (Å²) in [5, 5.41) is 2.90. The van der Waals surface area contributed by atoms with E-state index in [2.05, 4.69) is 22.1 Å². The monoisotopic (exact) mass is 262 g/mol. The van der Waals surface area contributed by atoms with Crippen LogP contribution < -0.4 is 11.1 Å².